The number of thiophene rings is 1. The molecular formula is C20H27N5O2S. The Morgan fingerprint density at radius 2 is 1.93 bits per heavy atom. The highest BCUT2D eigenvalue weighted by atomic mass is 32.1. The highest BCUT2D eigenvalue weighted by Crippen LogP contribution is 2.36. The molecule has 0 saturated heterocycles. The van der Waals surface area contributed by atoms with E-state index in [1.165, 1.54) is 18.4 Å². The molecule has 0 aliphatic rings. The van der Waals surface area contributed by atoms with Gasteiger partial charge in [-0.3, -0.25) is 4.68 Å². The van der Waals surface area contributed by atoms with Crippen LogP contribution < -0.4 is 5.32 Å². The Labute approximate surface area is 169 Å². The molecule has 0 amide bonds. The lowest BCUT2D eigenvalue weighted by atomic mass is 10.1. The second-order valence-corrected chi connectivity index (χ2v) is 9.00. The van der Waals surface area contributed by atoms with Crippen molar-refractivity contribution in [3.63, 3.8) is 0 Å². The molecule has 3 aromatic rings. The summed E-state index contributed by atoms with van der Waals surface area (Å²) in [7, 11) is 1.39. The molecule has 1 unspecified atom stereocenters. The number of nitrogens with one attached hydrogen (secondary N) is 1. The van der Waals surface area contributed by atoms with Crippen molar-refractivity contribution in [2.24, 2.45) is 0 Å². The van der Waals surface area contributed by atoms with Gasteiger partial charge in [0, 0.05) is 11.8 Å². The molecule has 1 N–H and O–H groups in total. The van der Waals surface area contributed by atoms with Crippen LogP contribution in [-0.2, 0) is 10.3 Å². The molecule has 0 fully saturated rings. The average molecular weight is 402 g/mol. The maximum atomic E-state index is 12.1. The molecule has 0 radical (unpaired) electrons. The van der Waals surface area contributed by atoms with E-state index >= 15 is 0 Å². The second-order valence-electron chi connectivity index (χ2n) is 8.00. The minimum Gasteiger partial charge on any atom is -0.465 e. The number of hydrogen-bond donors (Lipinski definition) is 1. The fourth-order valence-corrected chi connectivity index (χ4v) is 4.31. The smallest absolute Gasteiger partial charge is 0.348 e. The molecule has 1 atom stereocenters. The summed E-state index contributed by atoms with van der Waals surface area (Å²) in [6, 6.07) is -0.00511. The first kappa shape index (κ1) is 20.3. The highest BCUT2D eigenvalue weighted by molar-refractivity contribution is 7.20. The van der Waals surface area contributed by atoms with Crippen LogP contribution in [0.1, 0.15) is 66.1 Å². The minimum absolute atomic E-state index is 0.00511. The molecule has 3 heterocycles. The molecule has 0 aliphatic carbocycles. The second kappa shape index (κ2) is 7.16. The topological polar surface area (TPSA) is 81.9 Å². The van der Waals surface area contributed by atoms with Gasteiger partial charge in [-0.25, -0.2) is 14.8 Å². The third-order valence-electron chi connectivity index (χ3n) is 4.72. The highest BCUT2D eigenvalue weighted by Gasteiger charge is 2.23. The Hall–Kier alpha value is -2.48. The molecule has 0 spiro atoms. The van der Waals surface area contributed by atoms with Crippen LogP contribution in [0.2, 0.25) is 0 Å². The van der Waals surface area contributed by atoms with E-state index in [0.717, 1.165) is 32.9 Å². The van der Waals surface area contributed by atoms with Crippen molar-refractivity contribution in [3.05, 3.63) is 33.7 Å². The largest absolute Gasteiger partial charge is 0.465 e. The van der Waals surface area contributed by atoms with Gasteiger partial charge in [0.15, 0.2) is 0 Å². The number of ether oxygens (including phenoxy) is 1. The number of aryl methyl sites for hydroxylation is 3. The Kier molecular flexibility index (Phi) is 5.18. The lowest BCUT2D eigenvalue weighted by Gasteiger charge is -2.19. The molecule has 0 saturated carbocycles. The van der Waals surface area contributed by atoms with Crippen LogP contribution in [0, 0.1) is 20.8 Å². The van der Waals surface area contributed by atoms with Crippen molar-refractivity contribution in [3.8, 4) is 0 Å². The number of hydrogen-bond acceptors (Lipinski definition) is 7. The zero-order valence-corrected chi connectivity index (χ0v) is 18.5. The number of fused-ring (bicyclic) bond motifs is 1. The SMILES string of the molecule is COC(=O)c1sc2nc(C)nc(NC(C)c3cn(C(C)(C)C)nc3C)c2c1C. The Morgan fingerprint density at radius 1 is 1.25 bits per heavy atom. The van der Waals surface area contributed by atoms with Crippen LogP contribution in [0.15, 0.2) is 6.20 Å². The van der Waals surface area contributed by atoms with Crippen LogP contribution in [0.25, 0.3) is 10.2 Å². The maximum Gasteiger partial charge on any atom is 0.348 e. The summed E-state index contributed by atoms with van der Waals surface area (Å²) in [5, 5.41) is 9.04. The zero-order valence-electron chi connectivity index (χ0n) is 17.7. The van der Waals surface area contributed by atoms with E-state index < -0.39 is 0 Å². The summed E-state index contributed by atoms with van der Waals surface area (Å²) < 4.78 is 6.90. The van der Waals surface area contributed by atoms with Crippen molar-refractivity contribution in [2.45, 2.75) is 60.0 Å². The number of carbonyl (C=O) groups excluding carboxylic acids is 1. The van der Waals surface area contributed by atoms with E-state index in [2.05, 4.69) is 54.3 Å². The molecule has 8 heteroatoms. The summed E-state index contributed by atoms with van der Waals surface area (Å²) in [6.07, 6.45) is 2.08. The summed E-state index contributed by atoms with van der Waals surface area (Å²) in [5.74, 6) is 1.03. The number of nitrogens with zero attached hydrogens (tertiary/aromatic N) is 4. The van der Waals surface area contributed by atoms with E-state index in [1.54, 1.807) is 0 Å². The Bertz CT molecular complexity index is 1050. The lowest BCUT2D eigenvalue weighted by molar-refractivity contribution is 0.0605. The van der Waals surface area contributed by atoms with Gasteiger partial charge >= 0.3 is 5.97 Å². The number of carbonyl (C=O) groups is 1. The van der Waals surface area contributed by atoms with Gasteiger partial charge in [0.2, 0.25) is 0 Å². The van der Waals surface area contributed by atoms with Gasteiger partial charge in [-0.1, -0.05) is 0 Å². The third kappa shape index (κ3) is 3.61. The maximum absolute atomic E-state index is 12.1. The van der Waals surface area contributed by atoms with Crippen molar-refractivity contribution < 1.29 is 9.53 Å². The summed E-state index contributed by atoms with van der Waals surface area (Å²) in [4.78, 5) is 22.6. The number of anilines is 1. The molecule has 150 valence electrons. The first-order chi connectivity index (χ1) is 13.0. The van der Waals surface area contributed by atoms with Crippen molar-refractivity contribution in [2.75, 3.05) is 12.4 Å². The van der Waals surface area contributed by atoms with E-state index in [1.807, 2.05) is 25.5 Å². The number of rotatable bonds is 4. The van der Waals surface area contributed by atoms with Gasteiger partial charge in [0.05, 0.1) is 29.8 Å². The third-order valence-corrected chi connectivity index (χ3v) is 5.88. The number of methoxy groups -OCH3 is 1. The van der Waals surface area contributed by atoms with Crippen LogP contribution in [0.4, 0.5) is 5.82 Å². The quantitative estimate of drug-likeness (QED) is 0.647. The monoisotopic (exact) mass is 401 g/mol. The summed E-state index contributed by atoms with van der Waals surface area (Å²) in [5.41, 5.74) is 2.85. The Balaban J connectivity index is 2.04. The molecule has 3 rings (SSSR count). The molecule has 28 heavy (non-hydrogen) atoms. The summed E-state index contributed by atoms with van der Waals surface area (Å²) >= 11 is 1.34. The molecule has 0 aliphatic heterocycles. The number of esters is 1. The van der Waals surface area contributed by atoms with Gasteiger partial charge < -0.3 is 10.1 Å². The van der Waals surface area contributed by atoms with Gasteiger partial charge in [-0.15, -0.1) is 11.3 Å². The van der Waals surface area contributed by atoms with E-state index in [4.69, 9.17) is 4.74 Å². The lowest BCUT2D eigenvalue weighted by Crippen LogP contribution is -2.22. The fraction of sp³-hybridized carbons (Fsp3) is 0.500. The predicted molar refractivity (Wildman–Crippen MR) is 112 cm³/mol. The van der Waals surface area contributed by atoms with Crippen molar-refractivity contribution >= 4 is 33.3 Å². The Morgan fingerprint density at radius 3 is 2.50 bits per heavy atom. The molecule has 3 aromatic heterocycles. The van der Waals surface area contributed by atoms with E-state index in [9.17, 15) is 4.79 Å². The molecular weight excluding hydrogens is 374 g/mol. The van der Waals surface area contributed by atoms with E-state index in [-0.39, 0.29) is 17.6 Å². The van der Waals surface area contributed by atoms with Crippen molar-refractivity contribution in [1.82, 2.24) is 19.7 Å². The van der Waals surface area contributed by atoms with Crippen LogP contribution in [0.5, 0.6) is 0 Å². The fourth-order valence-electron chi connectivity index (χ4n) is 3.16. The van der Waals surface area contributed by atoms with Crippen LogP contribution in [0.3, 0.4) is 0 Å². The standard InChI is InChI=1S/C20H27N5O2S/c1-10-15-17(22-13(4)23-18(15)28-16(10)19(26)27-8)21-11(2)14-9-25(20(5,6)7)24-12(14)3/h9,11H,1-8H3,(H,21,22,23). The van der Waals surface area contributed by atoms with Gasteiger partial charge in [0.1, 0.15) is 21.3 Å². The zero-order chi connectivity index (χ0) is 20.8. The van der Waals surface area contributed by atoms with E-state index in [0.29, 0.717) is 10.7 Å². The molecule has 0 bridgehead atoms. The minimum atomic E-state index is -0.348. The number of aromatic nitrogens is 4. The van der Waals surface area contributed by atoms with Gasteiger partial charge in [-0.2, -0.15) is 5.10 Å². The van der Waals surface area contributed by atoms with Crippen LogP contribution in [-0.4, -0.2) is 32.8 Å². The molecule has 7 nitrogen and oxygen atoms in total. The van der Waals surface area contributed by atoms with Gasteiger partial charge in [0.25, 0.3) is 0 Å². The predicted octanol–water partition coefficient (Wildman–Crippen LogP) is 4.53. The average Bonchev–Trinajstić information content (AvgIpc) is 3.14. The van der Waals surface area contributed by atoms with Crippen molar-refractivity contribution in [1.29, 1.82) is 0 Å². The molecule has 0 aromatic carbocycles. The van der Waals surface area contributed by atoms with Gasteiger partial charge in [-0.05, 0) is 54.0 Å². The normalized spacial score (nSPS) is 13.0. The van der Waals surface area contributed by atoms with Crippen LogP contribution >= 0.6 is 11.3 Å². The first-order valence-corrected chi connectivity index (χ1v) is 10.0. The first-order valence-electron chi connectivity index (χ1n) is 9.22. The summed E-state index contributed by atoms with van der Waals surface area (Å²) in [6.45, 7) is 14.2.